The van der Waals surface area contributed by atoms with E-state index in [4.69, 9.17) is 11.5 Å². The number of aromatic amines is 1. The Kier molecular flexibility index (Phi) is 3.92. The van der Waals surface area contributed by atoms with E-state index in [0.717, 1.165) is 24.7 Å². The summed E-state index contributed by atoms with van der Waals surface area (Å²) in [6, 6.07) is 10.1. The second kappa shape index (κ2) is 5.81. The average Bonchev–Trinajstić information content (AvgIpc) is 2.86. The lowest BCUT2D eigenvalue weighted by molar-refractivity contribution is -0.113. The zero-order valence-corrected chi connectivity index (χ0v) is 10.3. The molecule has 2 rings (SSSR count). The monoisotopic (exact) mass is 257 g/mol. The third-order valence-corrected chi connectivity index (χ3v) is 2.58. The second-order valence-electron chi connectivity index (χ2n) is 4.09. The first-order valence-electron chi connectivity index (χ1n) is 5.87. The van der Waals surface area contributed by atoms with Gasteiger partial charge in [-0.1, -0.05) is 30.3 Å². The first-order valence-corrected chi connectivity index (χ1v) is 5.87. The molecule has 0 unspecified atom stereocenters. The van der Waals surface area contributed by atoms with Crippen LogP contribution in [0, 0.1) is 0 Å². The van der Waals surface area contributed by atoms with Crippen LogP contribution >= 0.6 is 0 Å². The molecule has 0 atom stereocenters. The number of aromatic nitrogens is 3. The first-order chi connectivity index (χ1) is 9.15. The number of rotatable bonds is 5. The number of nitrogens with zero attached hydrogens (tertiary/aromatic N) is 2. The van der Waals surface area contributed by atoms with Gasteiger partial charge in [0.2, 0.25) is 5.91 Å². The number of nitrogens with two attached hydrogens (primary N) is 2. The van der Waals surface area contributed by atoms with Crippen LogP contribution in [0.15, 0.2) is 36.4 Å². The van der Waals surface area contributed by atoms with Crippen LogP contribution in [0.25, 0.3) is 5.70 Å². The molecule has 1 heterocycles. The smallest absolute Gasteiger partial charge is 0.243 e. The summed E-state index contributed by atoms with van der Waals surface area (Å²) >= 11 is 0. The highest BCUT2D eigenvalue weighted by molar-refractivity contribution is 5.92. The van der Waals surface area contributed by atoms with Gasteiger partial charge in [-0.25, -0.2) is 4.98 Å². The number of aryl methyl sites for hydroxylation is 2. The molecule has 6 heteroatoms. The van der Waals surface area contributed by atoms with Crippen molar-refractivity contribution in [3.8, 4) is 0 Å². The van der Waals surface area contributed by atoms with Crippen LogP contribution in [0.4, 0.5) is 0 Å². The van der Waals surface area contributed by atoms with Crippen LogP contribution in [0.1, 0.15) is 17.2 Å². The summed E-state index contributed by atoms with van der Waals surface area (Å²) in [5, 5.41) is 6.74. The van der Waals surface area contributed by atoms with Crippen molar-refractivity contribution in [3.63, 3.8) is 0 Å². The number of nitrogens with one attached hydrogen (secondary N) is 1. The lowest BCUT2D eigenvalue weighted by Crippen LogP contribution is -2.10. The van der Waals surface area contributed by atoms with E-state index >= 15 is 0 Å². The van der Waals surface area contributed by atoms with E-state index in [0.29, 0.717) is 5.82 Å². The van der Waals surface area contributed by atoms with E-state index < -0.39 is 5.91 Å². The number of amides is 1. The van der Waals surface area contributed by atoms with E-state index in [2.05, 4.69) is 27.3 Å². The highest BCUT2D eigenvalue weighted by atomic mass is 16.1. The molecular weight excluding hydrogens is 242 g/mol. The topological polar surface area (TPSA) is 111 Å². The third kappa shape index (κ3) is 3.67. The predicted molar refractivity (Wildman–Crippen MR) is 71.6 cm³/mol. The summed E-state index contributed by atoms with van der Waals surface area (Å²) in [4.78, 5) is 14.9. The molecule has 0 bridgehead atoms. The molecule has 0 saturated carbocycles. The van der Waals surface area contributed by atoms with Crippen molar-refractivity contribution in [2.45, 2.75) is 12.8 Å². The molecule has 0 fully saturated rings. The van der Waals surface area contributed by atoms with Crippen molar-refractivity contribution in [2.75, 3.05) is 0 Å². The second-order valence-corrected chi connectivity index (χ2v) is 4.09. The highest BCUT2D eigenvalue weighted by Gasteiger charge is 2.06. The van der Waals surface area contributed by atoms with Gasteiger partial charge in [-0.3, -0.25) is 9.89 Å². The van der Waals surface area contributed by atoms with Gasteiger partial charge in [0.05, 0.1) is 5.70 Å². The van der Waals surface area contributed by atoms with Crippen molar-refractivity contribution in [1.29, 1.82) is 0 Å². The average molecular weight is 257 g/mol. The zero-order valence-electron chi connectivity index (χ0n) is 10.3. The molecule has 5 N–H and O–H groups in total. The Morgan fingerprint density at radius 3 is 2.63 bits per heavy atom. The Morgan fingerprint density at radius 1 is 1.21 bits per heavy atom. The van der Waals surface area contributed by atoms with Gasteiger partial charge in [-0.15, -0.1) is 0 Å². The van der Waals surface area contributed by atoms with Crippen molar-refractivity contribution >= 4 is 11.6 Å². The quantitative estimate of drug-likeness (QED) is 0.672. The minimum atomic E-state index is -0.617. The lowest BCUT2D eigenvalue weighted by atomic mass is 10.1. The summed E-state index contributed by atoms with van der Waals surface area (Å²) in [6.07, 6.45) is 2.68. The fraction of sp³-hybridized carbons (Fsp3) is 0.154. The molecule has 0 radical (unpaired) electrons. The molecule has 2 aromatic rings. The maximum atomic E-state index is 10.7. The van der Waals surface area contributed by atoms with E-state index in [1.165, 1.54) is 5.56 Å². The van der Waals surface area contributed by atoms with E-state index in [-0.39, 0.29) is 5.70 Å². The first kappa shape index (κ1) is 12.8. The third-order valence-electron chi connectivity index (χ3n) is 2.58. The molecule has 19 heavy (non-hydrogen) atoms. The minimum Gasteiger partial charge on any atom is -0.395 e. The largest absolute Gasteiger partial charge is 0.395 e. The van der Waals surface area contributed by atoms with Crippen LogP contribution in [0.5, 0.6) is 0 Å². The highest BCUT2D eigenvalue weighted by Crippen LogP contribution is 2.06. The van der Waals surface area contributed by atoms with Crippen LogP contribution in [0.2, 0.25) is 0 Å². The summed E-state index contributed by atoms with van der Waals surface area (Å²) < 4.78 is 0. The van der Waals surface area contributed by atoms with Gasteiger partial charge in [0.25, 0.3) is 0 Å². The zero-order chi connectivity index (χ0) is 13.7. The van der Waals surface area contributed by atoms with E-state index in [1.54, 1.807) is 0 Å². The van der Waals surface area contributed by atoms with Crippen molar-refractivity contribution < 1.29 is 4.79 Å². The van der Waals surface area contributed by atoms with E-state index in [9.17, 15) is 4.79 Å². The van der Waals surface area contributed by atoms with Gasteiger partial charge in [0, 0.05) is 12.5 Å². The number of primary amides is 1. The minimum absolute atomic E-state index is 0.162. The SMILES string of the molecule is NC(=O)/C=C(\N)c1n[nH]c(CCc2ccccc2)n1. The molecule has 6 nitrogen and oxygen atoms in total. The Morgan fingerprint density at radius 2 is 1.95 bits per heavy atom. The van der Waals surface area contributed by atoms with E-state index in [1.807, 2.05) is 18.2 Å². The van der Waals surface area contributed by atoms with Gasteiger partial charge < -0.3 is 11.5 Å². The van der Waals surface area contributed by atoms with Crippen molar-refractivity contribution in [3.05, 3.63) is 53.6 Å². The molecule has 1 aromatic carbocycles. The normalized spacial score (nSPS) is 11.5. The number of H-pyrrole nitrogens is 1. The number of hydrogen-bond donors (Lipinski definition) is 3. The summed E-state index contributed by atoms with van der Waals surface area (Å²) in [6.45, 7) is 0. The van der Waals surface area contributed by atoms with Gasteiger partial charge in [-0.05, 0) is 12.0 Å². The number of hydrogen-bond acceptors (Lipinski definition) is 4. The Balaban J connectivity index is 2.00. The molecule has 98 valence electrons. The van der Waals surface area contributed by atoms with Crippen molar-refractivity contribution in [2.24, 2.45) is 11.5 Å². The maximum absolute atomic E-state index is 10.7. The summed E-state index contributed by atoms with van der Waals surface area (Å²) in [5.41, 5.74) is 12.0. The Hall–Kier alpha value is -2.63. The molecule has 0 aliphatic carbocycles. The maximum Gasteiger partial charge on any atom is 0.243 e. The summed E-state index contributed by atoms with van der Waals surface area (Å²) in [5.74, 6) is 0.398. The predicted octanol–water partition coefficient (Wildman–Crippen LogP) is 0.375. The standard InChI is InChI=1S/C13H15N5O/c14-10(8-11(15)19)13-16-12(17-18-13)7-6-9-4-2-1-3-5-9/h1-5,8H,6-7,14H2,(H2,15,19)(H,16,17,18)/b10-8-. The summed E-state index contributed by atoms with van der Waals surface area (Å²) in [7, 11) is 0. The molecule has 1 amide bonds. The molecular formula is C13H15N5O. The fourth-order valence-electron chi connectivity index (χ4n) is 1.66. The Bertz CT molecular complexity index is 588. The van der Waals surface area contributed by atoms with Crippen LogP contribution in [-0.4, -0.2) is 21.1 Å². The number of carbonyl (C=O) groups is 1. The molecule has 0 saturated heterocycles. The number of benzene rings is 1. The molecule has 0 aliphatic heterocycles. The van der Waals surface area contributed by atoms with Gasteiger partial charge in [0.15, 0.2) is 5.82 Å². The molecule has 0 aliphatic rings. The van der Waals surface area contributed by atoms with Crippen LogP contribution in [0.3, 0.4) is 0 Å². The lowest BCUT2D eigenvalue weighted by Gasteiger charge is -1.97. The van der Waals surface area contributed by atoms with Gasteiger partial charge in [0.1, 0.15) is 5.82 Å². The fourth-order valence-corrected chi connectivity index (χ4v) is 1.66. The van der Waals surface area contributed by atoms with Crippen LogP contribution < -0.4 is 11.5 Å². The molecule has 1 aromatic heterocycles. The van der Waals surface area contributed by atoms with Crippen molar-refractivity contribution in [1.82, 2.24) is 15.2 Å². The van der Waals surface area contributed by atoms with Gasteiger partial charge in [-0.2, -0.15) is 5.10 Å². The van der Waals surface area contributed by atoms with Crippen LogP contribution in [-0.2, 0) is 17.6 Å². The number of carbonyl (C=O) groups excluding carboxylic acids is 1. The van der Waals surface area contributed by atoms with Gasteiger partial charge >= 0.3 is 0 Å². The Labute approximate surface area is 110 Å². The molecule has 0 spiro atoms.